The van der Waals surface area contributed by atoms with E-state index in [-0.39, 0.29) is 17.2 Å². The molecule has 8 nitrogen and oxygen atoms in total. The molecule has 3 heterocycles. The van der Waals surface area contributed by atoms with Crippen LogP contribution < -0.4 is 5.56 Å². The van der Waals surface area contributed by atoms with Gasteiger partial charge in [-0.2, -0.15) is 0 Å². The lowest BCUT2D eigenvalue weighted by molar-refractivity contribution is -0.139. The fraction of sp³-hybridized carbons (Fsp3) is 0.375. The van der Waals surface area contributed by atoms with E-state index in [1.165, 1.54) is 0 Å². The molecule has 3 aromatic rings. The minimum absolute atomic E-state index is 0.161. The van der Waals surface area contributed by atoms with Crippen LogP contribution in [-0.2, 0) is 16.0 Å². The Morgan fingerprint density at radius 1 is 1.33 bits per heavy atom. The summed E-state index contributed by atoms with van der Waals surface area (Å²) in [6.07, 6.45) is -0.161. The van der Waals surface area contributed by atoms with Crippen molar-refractivity contribution in [3.05, 3.63) is 40.7 Å². The molecule has 24 heavy (non-hydrogen) atoms. The number of aromatic nitrogens is 5. The van der Waals surface area contributed by atoms with E-state index in [9.17, 15) is 4.79 Å². The van der Waals surface area contributed by atoms with Crippen LogP contribution in [0.25, 0.3) is 22.6 Å². The summed E-state index contributed by atoms with van der Waals surface area (Å²) in [4.78, 5) is 19.5. The third-order valence-electron chi connectivity index (χ3n) is 3.86. The molecule has 1 fully saturated rings. The topological polar surface area (TPSA) is 94.9 Å². The fourth-order valence-electron chi connectivity index (χ4n) is 2.77. The van der Waals surface area contributed by atoms with Crippen LogP contribution in [0.1, 0.15) is 13.8 Å². The second kappa shape index (κ2) is 5.50. The number of ether oxygens (including phenoxy) is 2. The molecule has 0 spiro atoms. The molecular formula is C16H17N5O3. The van der Waals surface area contributed by atoms with Crippen molar-refractivity contribution in [2.45, 2.75) is 32.3 Å². The molecule has 8 heteroatoms. The second-order valence-corrected chi connectivity index (χ2v) is 6.18. The summed E-state index contributed by atoms with van der Waals surface area (Å²) >= 11 is 0. The van der Waals surface area contributed by atoms with E-state index in [1.54, 1.807) is 4.68 Å². The highest BCUT2D eigenvalue weighted by Crippen LogP contribution is 2.23. The van der Waals surface area contributed by atoms with Gasteiger partial charge in [0.05, 0.1) is 13.2 Å². The monoisotopic (exact) mass is 327 g/mol. The number of benzene rings is 1. The zero-order valence-electron chi connectivity index (χ0n) is 13.4. The first kappa shape index (κ1) is 15.0. The molecule has 0 radical (unpaired) electrons. The molecule has 0 bridgehead atoms. The maximum absolute atomic E-state index is 12.3. The SMILES string of the molecule is CC1(C)OCC(Cn2nnc3c(=O)[nH]c(-c4ccccc4)nc32)O1. The third kappa shape index (κ3) is 2.70. The quantitative estimate of drug-likeness (QED) is 0.780. The molecule has 1 atom stereocenters. The number of fused-ring (bicyclic) bond motifs is 1. The molecule has 1 aromatic carbocycles. The number of nitrogens with zero attached hydrogens (tertiary/aromatic N) is 4. The van der Waals surface area contributed by atoms with Crippen molar-refractivity contribution in [2.24, 2.45) is 0 Å². The van der Waals surface area contributed by atoms with Crippen LogP contribution in [0.3, 0.4) is 0 Å². The van der Waals surface area contributed by atoms with Crippen molar-refractivity contribution in [1.82, 2.24) is 25.0 Å². The van der Waals surface area contributed by atoms with Crippen LogP contribution in [0.15, 0.2) is 35.1 Å². The summed E-state index contributed by atoms with van der Waals surface area (Å²) in [5.41, 5.74) is 1.17. The summed E-state index contributed by atoms with van der Waals surface area (Å²) in [5, 5.41) is 7.99. The van der Waals surface area contributed by atoms with Crippen molar-refractivity contribution in [3.63, 3.8) is 0 Å². The van der Waals surface area contributed by atoms with Gasteiger partial charge in [-0.15, -0.1) is 5.10 Å². The standard InChI is InChI=1S/C16H17N5O3/c1-16(2)23-9-11(24-16)8-21-14-12(19-20-21)15(22)18-13(17-14)10-6-4-3-5-7-10/h3-7,11H,8-9H2,1-2H3,(H,17,18,22). The normalized spacial score (nSPS) is 19.8. The first-order chi connectivity index (χ1) is 11.5. The van der Waals surface area contributed by atoms with Gasteiger partial charge < -0.3 is 14.5 Å². The number of hydrogen-bond acceptors (Lipinski definition) is 6. The predicted molar refractivity (Wildman–Crippen MR) is 86.3 cm³/mol. The first-order valence-electron chi connectivity index (χ1n) is 7.72. The largest absolute Gasteiger partial charge is 0.348 e. The molecule has 0 aliphatic carbocycles. The molecule has 1 N–H and O–H groups in total. The average Bonchev–Trinajstić information content (AvgIpc) is 3.12. The van der Waals surface area contributed by atoms with Crippen LogP contribution in [0.4, 0.5) is 0 Å². The molecule has 2 aromatic heterocycles. The first-order valence-corrected chi connectivity index (χ1v) is 7.72. The maximum atomic E-state index is 12.3. The molecule has 4 rings (SSSR count). The molecule has 1 saturated heterocycles. The summed E-state index contributed by atoms with van der Waals surface area (Å²) in [5.74, 6) is -0.123. The fourth-order valence-corrected chi connectivity index (χ4v) is 2.77. The van der Waals surface area contributed by atoms with E-state index in [0.29, 0.717) is 24.6 Å². The number of aromatic amines is 1. The second-order valence-electron chi connectivity index (χ2n) is 6.18. The van der Waals surface area contributed by atoms with Crippen molar-refractivity contribution in [2.75, 3.05) is 6.61 Å². The number of nitrogens with one attached hydrogen (secondary N) is 1. The Balaban J connectivity index is 1.72. The molecule has 1 unspecified atom stereocenters. The van der Waals surface area contributed by atoms with Crippen LogP contribution in [0.2, 0.25) is 0 Å². The lowest BCUT2D eigenvalue weighted by Crippen LogP contribution is -2.24. The zero-order valence-corrected chi connectivity index (χ0v) is 13.4. The van der Waals surface area contributed by atoms with Crippen molar-refractivity contribution < 1.29 is 9.47 Å². The van der Waals surface area contributed by atoms with Gasteiger partial charge in [0.25, 0.3) is 5.56 Å². The molecular weight excluding hydrogens is 310 g/mol. The van der Waals surface area contributed by atoms with E-state index < -0.39 is 5.79 Å². The lowest BCUT2D eigenvalue weighted by Gasteiger charge is -2.16. The Labute approximate surface area is 137 Å². The van der Waals surface area contributed by atoms with Crippen LogP contribution in [0, 0.1) is 0 Å². The summed E-state index contributed by atoms with van der Waals surface area (Å²) in [7, 11) is 0. The maximum Gasteiger partial charge on any atom is 0.281 e. The highest BCUT2D eigenvalue weighted by Gasteiger charge is 2.33. The number of rotatable bonds is 3. The van der Waals surface area contributed by atoms with Crippen LogP contribution in [-0.4, -0.2) is 43.5 Å². The Hall–Kier alpha value is -2.58. The van der Waals surface area contributed by atoms with Crippen LogP contribution >= 0.6 is 0 Å². The Morgan fingerprint density at radius 3 is 2.83 bits per heavy atom. The van der Waals surface area contributed by atoms with Gasteiger partial charge in [-0.3, -0.25) is 4.79 Å². The zero-order chi connectivity index (χ0) is 16.7. The van der Waals surface area contributed by atoms with E-state index in [2.05, 4.69) is 20.3 Å². The van der Waals surface area contributed by atoms with E-state index >= 15 is 0 Å². The average molecular weight is 327 g/mol. The van der Waals surface area contributed by atoms with Gasteiger partial charge >= 0.3 is 0 Å². The minimum Gasteiger partial charge on any atom is -0.348 e. The van der Waals surface area contributed by atoms with E-state index in [4.69, 9.17) is 9.47 Å². The summed E-state index contributed by atoms with van der Waals surface area (Å²) in [6.45, 7) is 4.61. The third-order valence-corrected chi connectivity index (χ3v) is 3.86. The van der Waals surface area contributed by atoms with Crippen LogP contribution in [0.5, 0.6) is 0 Å². The van der Waals surface area contributed by atoms with Gasteiger partial charge in [-0.25, -0.2) is 9.67 Å². The van der Waals surface area contributed by atoms with Crippen molar-refractivity contribution >= 4 is 11.2 Å². The summed E-state index contributed by atoms with van der Waals surface area (Å²) < 4.78 is 12.9. The Morgan fingerprint density at radius 2 is 2.12 bits per heavy atom. The van der Waals surface area contributed by atoms with E-state index in [0.717, 1.165) is 5.56 Å². The number of hydrogen-bond donors (Lipinski definition) is 1. The molecule has 1 aliphatic rings. The Kier molecular flexibility index (Phi) is 3.43. The highest BCUT2D eigenvalue weighted by molar-refractivity contribution is 5.71. The van der Waals surface area contributed by atoms with Gasteiger partial charge in [0, 0.05) is 5.56 Å². The van der Waals surface area contributed by atoms with Gasteiger partial charge in [-0.05, 0) is 13.8 Å². The smallest absolute Gasteiger partial charge is 0.281 e. The lowest BCUT2D eigenvalue weighted by atomic mass is 10.2. The van der Waals surface area contributed by atoms with Gasteiger partial charge in [0.15, 0.2) is 17.0 Å². The molecule has 1 aliphatic heterocycles. The van der Waals surface area contributed by atoms with Crippen molar-refractivity contribution in [3.8, 4) is 11.4 Å². The van der Waals surface area contributed by atoms with Crippen molar-refractivity contribution in [1.29, 1.82) is 0 Å². The summed E-state index contributed by atoms with van der Waals surface area (Å²) in [6, 6.07) is 9.45. The molecule has 0 saturated carbocycles. The Bertz CT molecular complexity index is 932. The molecule has 0 amide bonds. The highest BCUT2D eigenvalue weighted by atomic mass is 16.7. The molecule has 124 valence electrons. The van der Waals surface area contributed by atoms with E-state index in [1.807, 2.05) is 44.2 Å². The van der Waals surface area contributed by atoms with Gasteiger partial charge in [0.2, 0.25) is 0 Å². The van der Waals surface area contributed by atoms with Gasteiger partial charge in [0.1, 0.15) is 11.9 Å². The minimum atomic E-state index is -0.610. The number of H-pyrrole nitrogens is 1. The predicted octanol–water partition coefficient (Wildman–Crippen LogP) is 1.33. The van der Waals surface area contributed by atoms with Gasteiger partial charge in [-0.1, -0.05) is 35.5 Å².